The van der Waals surface area contributed by atoms with Gasteiger partial charge in [0.25, 0.3) is 0 Å². The van der Waals surface area contributed by atoms with Crippen LogP contribution in [0.1, 0.15) is 38.5 Å². The molecular formula is C24H23N3O5S. The Kier molecular flexibility index (Phi) is 7.43. The molecule has 0 bridgehead atoms. The number of rotatable bonds is 9. The van der Waals surface area contributed by atoms with Crippen LogP contribution >= 0.6 is 0 Å². The minimum atomic E-state index is -3.78. The highest BCUT2D eigenvalue weighted by molar-refractivity contribution is 7.89. The van der Waals surface area contributed by atoms with E-state index in [1.165, 1.54) is 24.3 Å². The molecule has 0 aliphatic carbocycles. The molecule has 0 saturated carbocycles. The van der Waals surface area contributed by atoms with Crippen molar-refractivity contribution in [2.45, 2.75) is 25.2 Å². The molecule has 1 heterocycles. The van der Waals surface area contributed by atoms with Crippen molar-refractivity contribution in [1.29, 1.82) is 5.26 Å². The smallest absolute Gasteiger partial charge is 0.338 e. The predicted octanol–water partition coefficient (Wildman–Crippen LogP) is 3.33. The van der Waals surface area contributed by atoms with Crippen molar-refractivity contribution in [1.82, 2.24) is 9.29 Å². The molecule has 33 heavy (non-hydrogen) atoms. The lowest BCUT2D eigenvalue weighted by Crippen LogP contribution is -2.24. The number of para-hydroxylation sites is 1. The summed E-state index contributed by atoms with van der Waals surface area (Å²) in [5, 5.41) is 8.51. The Morgan fingerprint density at radius 3 is 2.36 bits per heavy atom. The summed E-state index contributed by atoms with van der Waals surface area (Å²) in [6.45, 7) is 3.29. The molecule has 0 aliphatic rings. The highest BCUT2D eigenvalue weighted by Crippen LogP contribution is 2.21. The maximum atomic E-state index is 12.7. The summed E-state index contributed by atoms with van der Waals surface area (Å²) in [6.07, 6.45) is 0.0470. The molecule has 3 rings (SSSR count). The minimum Gasteiger partial charge on any atom is -0.454 e. The SMILES string of the molecule is Cc1cc(C(=O)COC(=O)c2ccc(S(=O)(=O)NCCC#N)cc2)c(C)n1-c1ccccc1. The predicted molar refractivity (Wildman–Crippen MR) is 122 cm³/mol. The van der Waals surface area contributed by atoms with Crippen molar-refractivity contribution >= 4 is 21.8 Å². The van der Waals surface area contributed by atoms with E-state index in [0.717, 1.165) is 17.1 Å². The van der Waals surface area contributed by atoms with Crippen molar-refractivity contribution in [2.75, 3.05) is 13.2 Å². The van der Waals surface area contributed by atoms with Gasteiger partial charge in [-0.25, -0.2) is 17.9 Å². The zero-order valence-electron chi connectivity index (χ0n) is 18.2. The molecule has 1 N–H and O–H groups in total. The molecule has 2 aromatic carbocycles. The fraction of sp³-hybridized carbons (Fsp3) is 0.208. The monoisotopic (exact) mass is 465 g/mol. The molecule has 170 valence electrons. The number of nitrogens with zero attached hydrogens (tertiary/aromatic N) is 2. The van der Waals surface area contributed by atoms with Gasteiger partial charge in [-0.05, 0) is 56.3 Å². The first kappa shape index (κ1) is 23.9. The van der Waals surface area contributed by atoms with Crippen LogP contribution in [-0.4, -0.2) is 37.9 Å². The highest BCUT2D eigenvalue weighted by Gasteiger charge is 2.19. The number of esters is 1. The standard InChI is InChI=1S/C24H23N3O5S/c1-17-15-22(18(2)27(17)20-7-4-3-5-8-20)23(28)16-32-24(29)19-9-11-21(12-10-19)33(30,31)26-14-6-13-25/h3-5,7-12,15,26H,6,14,16H2,1-2H3. The van der Waals surface area contributed by atoms with Crippen molar-refractivity contribution in [3.05, 3.63) is 83.2 Å². The van der Waals surface area contributed by atoms with Crippen molar-refractivity contribution < 1.29 is 22.7 Å². The quantitative estimate of drug-likeness (QED) is 0.294. The van der Waals surface area contributed by atoms with Crippen LogP contribution in [0.3, 0.4) is 0 Å². The molecule has 0 spiro atoms. The second-order valence-electron chi connectivity index (χ2n) is 7.29. The lowest BCUT2D eigenvalue weighted by atomic mass is 10.1. The molecule has 0 atom stereocenters. The molecule has 0 radical (unpaired) electrons. The molecule has 8 nitrogen and oxygen atoms in total. The summed E-state index contributed by atoms with van der Waals surface area (Å²) in [6, 6.07) is 18.4. The van der Waals surface area contributed by atoms with Crippen molar-refractivity contribution in [3.8, 4) is 11.8 Å². The van der Waals surface area contributed by atoms with Crippen LogP contribution in [0.25, 0.3) is 5.69 Å². The Labute approximate surface area is 192 Å². The maximum absolute atomic E-state index is 12.7. The molecule has 0 saturated heterocycles. The fourth-order valence-corrected chi connectivity index (χ4v) is 4.44. The summed E-state index contributed by atoms with van der Waals surface area (Å²) < 4.78 is 33.7. The summed E-state index contributed by atoms with van der Waals surface area (Å²) in [5.41, 5.74) is 3.15. The average Bonchev–Trinajstić information content (AvgIpc) is 3.11. The van der Waals surface area contributed by atoms with Crippen LogP contribution in [0.15, 0.2) is 65.6 Å². The van der Waals surface area contributed by atoms with Gasteiger partial charge in [-0.1, -0.05) is 18.2 Å². The number of sulfonamides is 1. The molecular weight excluding hydrogens is 442 g/mol. The highest BCUT2D eigenvalue weighted by atomic mass is 32.2. The first-order chi connectivity index (χ1) is 15.7. The van der Waals surface area contributed by atoms with Crippen LogP contribution in [0.2, 0.25) is 0 Å². The van der Waals surface area contributed by atoms with Gasteiger partial charge in [-0.15, -0.1) is 0 Å². The minimum absolute atomic E-state index is 0.00434. The third-order valence-electron chi connectivity index (χ3n) is 5.01. The number of ether oxygens (including phenoxy) is 1. The number of carbonyl (C=O) groups excluding carboxylic acids is 2. The topological polar surface area (TPSA) is 118 Å². The van der Waals surface area contributed by atoms with Gasteiger partial charge in [-0.2, -0.15) is 5.26 Å². The second-order valence-corrected chi connectivity index (χ2v) is 9.05. The molecule has 0 unspecified atom stereocenters. The zero-order valence-corrected chi connectivity index (χ0v) is 19.1. The maximum Gasteiger partial charge on any atom is 0.338 e. The van der Waals surface area contributed by atoms with E-state index in [1.54, 1.807) is 6.07 Å². The second kappa shape index (κ2) is 10.3. The van der Waals surface area contributed by atoms with E-state index in [0.29, 0.717) is 5.56 Å². The van der Waals surface area contributed by atoms with Crippen molar-refractivity contribution in [3.63, 3.8) is 0 Å². The first-order valence-corrected chi connectivity index (χ1v) is 11.6. The average molecular weight is 466 g/mol. The van der Waals surface area contributed by atoms with Gasteiger partial charge in [0.15, 0.2) is 6.61 Å². The zero-order chi connectivity index (χ0) is 24.0. The van der Waals surface area contributed by atoms with E-state index in [1.807, 2.05) is 54.8 Å². The largest absolute Gasteiger partial charge is 0.454 e. The van der Waals surface area contributed by atoms with E-state index in [9.17, 15) is 18.0 Å². The Balaban J connectivity index is 1.66. The Morgan fingerprint density at radius 1 is 1.06 bits per heavy atom. The fourth-order valence-electron chi connectivity index (χ4n) is 3.41. The molecule has 0 amide bonds. The summed E-state index contributed by atoms with van der Waals surface area (Å²) in [7, 11) is -3.78. The molecule has 0 aliphatic heterocycles. The van der Waals surface area contributed by atoms with E-state index >= 15 is 0 Å². The van der Waals surface area contributed by atoms with Crippen LogP contribution in [0.4, 0.5) is 0 Å². The lowest BCUT2D eigenvalue weighted by Gasteiger charge is -2.10. The first-order valence-electron chi connectivity index (χ1n) is 10.2. The normalized spacial score (nSPS) is 11.1. The summed E-state index contributed by atoms with van der Waals surface area (Å²) in [5.74, 6) is -1.07. The van der Waals surface area contributed by atoms with Crippen LogP contribution in [0, 0.1) is 25.2 Å². The Bertz CT molecular complexity index is 1300. The number of nitrogens with one attached hydrogen (secondary N) is 1. The van der Waals surface area contributed by atoms with Gasteiger partial charge in [0, 0.05) is 35.6 Å². The number of carbonyl (C=O) groups is 2. The Morgan fingerprint density at radius 2 is 1.73 bits per heavy atom. The van der Waals surface area contributed by atoms with Crippen molar-refractivity contribution in [2.24, 2.45) is 0 Å². The van der Waals surface area contributed by atoms with Crippen LogP contribution in [0.5, 0.6) is 0 Å². The third-order valence-corrected chi connectivity index (χ3v) is 6.49. The van der Waals surface area contributed by atoms with Gasteiger partial charge in [-0.3, -0.25) is 4.79 Å². The van der Waals surface area contributed by atoms with Gasteiger partial charge in [0.2, 0.25) is 15.8 Å². The number of hydrogen-bond donors (Lipinski definition) is 1. The molecule has 9 heteroatoms. The lowest BCUT2D eigenvalue weighted by molar-refractivity contribution is 0.0474. The van der Waals surface area contributed by atoms with E-state index in [2.05, 4.69) is 4.72 Å². The van der Waals surface area contributed by atoms with Crippen LogP contribution in [-0.2, 0) is 14.8 Å². The number of aryl methyl sites for hydroxylation is 1. The van der Waals surface area contributed by atoms with E-state index in [-0.39, 0.29) is 29.2 Å². The summed E-state index contributed by atoms with van der Waals surface area (Å²) in [4.78, 5) is 25.0. The number of benzene rings is 2. The molecule has 3 aromatic rings. The van der Waals surface area contributed by atoms with E-state index in [4.69, 9.17) is 10.00 Å². The molecule has 1 aromatic heterocycles. The van der Waals surface area contributed by atoms with Gasteiger partial charge < -0.3 is 9.30 Å². The Hall–Kier alpha value is -3.74. The molecule has 0 fully saturated rings. The van der Waals surface area contributed by atoms with Crippen LogP contribution < -0.4 is 4.72 Å². The van der Waals surface area contributed by atoms with E-state index < -0.39 is 22.6 Å². The van der Waals surface area contributed by atoms with Gasteiger partial charge >= 0.3 is 5.97 Å². The summed E-state index contributed by atoms with van der Waals surface area (Å²) >= 11 is 0. The number of Topliss-reactive ketones (excluding diaryl/α,β-unsaturated/α-hetero) is 1. The number of aromatic nitrogens is 1. The number of hydrogen-bond acceptors (Lipinski definition) is 6. The van der Waals surface area contributed by atoms with Gasteiger partial charge in [0.05, 0.1) is 16.5 Å². The van der Waals surface area contributed by atoms with Gasteiger partial charge in [0.1, 0.15) is 0 Å². The third kappa shape index (κ3) is 5.55. The number of nitriles is 1. The number of ketones is 1.